The highest BCUT2D eigenvalue weighted by Crippen LogP contribution is 2.16. The van der Waals surface area contributed by atoms with Gasteiger partial charge in [-0.15, -0.1) is 0 Å². The predicted molar refractivity (Wildman–Crippen MR) is 119 cm³/mol. The minimum atomic E-state index is -0.468. The maximum atomic E-state index is 13.2. The highest BCUT2D eigenvalue weighted by Gasteiger charge is 2.28. The van der Waals surface area contributed by atoms with Crippen LogP contribution in [0.3, 0.4) is 0 Å². The highest BCUT2D eigenvalue weighted by atomic mass is 16.2. The lowest BCUT2D eigenvalue weighted by molar-refractivity contribution is -0.141. The van der Waals surface area contributed by atoms with Crippen molar-refractivity contribution in [2.75, 3.05) is 0 Å². The Balaban J connectivity index is 2.18. The van der Waals surface area contributed by atoms with Gasteiger partial charge in [0.2, 0.25) is 11.8 Å². The molecule has 1 N–H and O–H groups in total. The largest absolute Gasteiger partial charge is 0.352 e. The van der Waals surface area contributed by atoms with Crippen LogP contribution in [0.15, 0.2) is 48.5 Å². The summed E-state index contributed by atoms with van der Waals surface area (Å²) in [6.07, 6.45) is 1.65. The van der Waals surface area contributed by atoms with E-state index in [2.05, 4.69) is 36.5 Å². The van der Waals surface area contributed by atoms with Crippen molar-refractivity contribution in [1.82, 2.24) is 10.2 Å². The highest BCUT2D eigenvalue weighted by molar-refractivity contribution is 5.87. The van der Waals surface area contributed by atoms with E-state index in [-0.39, 0.29) is 17.9 Å². The van der Waals surface area contributed by atoms with E-state index in [1.165, 1.54) is 11.1 Å². The van der Waals surface area contributed by atoms with E-state index >= 15 is 0 Å². The van der Waals surface area contributed by atoms with Crippen LogP contribution in [0.5, 0.6) is 0 Å². The molecular formula is C25H34N2O2. The standard InChI is InChI=1S/C25H34N2O2/c1-6-23(25(29)26-18(2)3)27(17-22-13-9-20(5)10-14-22)24(28)16-15-21-11-7-19(4)8-12-21/h7-14,18,23H,6,15-17H2,1-5H3,(H,26,29)/t23-/m0/s1. The summed E-state index contributed by atoms with van der Waals surface area (Å²) in [6.45, 7) is 10.4. The molecule has 4 heteroatoms. The zero-order valence-corrected chi connectivity index (χ0v) is 18.4. The molecule has 0 unspecified atom stereocenters. The van der Waals surface area contributed by atoms with Crippen molar-refractivity contribution in [1.29, 1.82) is 0 Å². The molecule has 0 saturated carbocycles. The number of hydrogen-bond acceptors (Lipinski definition) is 2. The normalized spacial score (nSPS) is 11.9. The van der Waals surface area contributed by atoms with Gasteiger partial charge in [0.25, 0.3) is 0 Å². The summed E-state index contributed by atoms with van der Waals surface area (Å²) in [5, 5.41) is 2.97. The number of carbonyl (C=O) groups is 2. The molecule has 0 aliphatic heterocycles. The van der Waals surface area contributed by atoms with Crippen LogP contribution in [0.2, 0.25) is 0 Å². The Kier molecular flexibility index (Phi) is 8.44. The quantitative estimate of drug-likeness (QED) is 0.677. The first-order valence-electron chi connectivity index (χ1n) is 10.5. The van der Waals surface area contributed by atoms with Gasteiger partial charge in [0.05, 0.1) is 0 Å². The molecular weight excluding hydrogens is 360 g/mol. The lowest BCUT2D eigenvalue weighted by Gasteiger charge is -2.31. The summed E-state index contributed by atoms with van der Waals surface area (Å²) in [5.41, 5.74) is 4.56. The smallest absolute Gasteiger partial charge is 0.243 e. The molecule has 0 aromatic heterocycles. The molecule has 0 fully saturated rings. The maximum absolute atomic E-state index is 13.2. The fourth-order valence-corrected chi connectivity index (χ4v) is 3.34. The number of nitrogens with zero attached hydrogens (tertiary/aromatic N) is 1. The van der Waals surface area contributed by atoms with E-state index in [1.54, 1.807) is 4.90 Å². The monoisotopic (exact) mass is 394 g/mol. The average molecular weight is 395 g/mol. The molecule has 0 spiro atoms. The van der Waals surface area contributed by atoms with Gasteiger partial charge in [-0.3, -0.25) is 9.59 Å². The van der Waals surface area contributed by atoms with Gasteiger partial charge in [0.15, 0.2) is 0 Å². The molecule has 0 saturated heterocycles. The Bertz CT molecular complexity index is 795. The molecule has 2 aromatic rings. The van der Waals surface area contributed by atoms with Crippen molar-refractivity contribution in [3.05, 3.63) is 70.8 Å². The molecule has 0 aliphatic rings. The Morgan fingerprint density at radius 2 is 1.41 bits per heavy atom. The average Bonchev–Trinajstić information content (AvgIpc) is 2.68. The van der Waals surface area contributed by atoms with Crippen molar-refractivity contribution in [3.63, 3.8) is 0 Å². The van der Waals surface area contributed by atoms with Crippen molar-refractivity contribution in [2.45, 2.75) is 72.5 Å². The molecule has 2 amide bonds. The number of aryl methyl sites for hydroxylation is 3. The van der Waals surface area contributed by atoms with E-state index in [9.17, 15) is 9.59 Å². The fourth-order valence-electron chi connectivity index (χ4n) is 3.34. The maximum Gasteiger partial charge on any atom is 0.243 e. The minimum Gasteiger partial charge on any atom is -0.352 e. The van der Waals surface area contributed by atoms with Crippen LogP contribution < -0.4 is 5.32 Å². The zero-order chi connectivity index (χ0) is 21.4. The zero-order valence-electron chi connectivity index (χ0n) is 18.4. The topological polar surface area (TPSA) is 49.4 Å². The van der Waals surface area contributed by atoms with Crippen LogP contribution in [0, 0.1) is 13.8 Å². The number of carbonyl (C=O) groups excluding carboxylic acids is 2. The lowest BCUT2D eigenvalue weighted by atomic mass is 10.0. The van der Waals surface area contributed by atoms with Crippen LogP contribution >= 0.6 is 0 Å². The molecule has 0 heterocycles. The number of rotatable bonds is 9. The van der Waals surface area contributed by atoms with Gasteiger partial charge in [0.1, 0.15) is 6.04 Å². The minimum absolute atomic E-state index is 0.0110. The van der Waals surface area contributed by atoms with Gasteiger partial charge in [0, 0.05) is 19.0 Å². The first-order valence-corrected chi connectivity index (χ1v) is 10.5. The van der Waals surface area contributed by atoms with Gasteiger partial charge >= 0.3 is 0 Å². The van der Waals surface area contributed by atoms with Crippen LogP contribution in [0.1, 0.15) is 55.9 Å². The first-order chi connectivity index (χ1) is 13.8. The summed E-state index contributed by atoms with van der Waals surface area (Å²) < 4.78 is 0. The van der Waals surface area contributed by atoms with Crippen molar-refractivity contribution >= 4 is 11.8 Å². The molecule has 2 rings (SSSR count). The van der Waals surface area contributed by atoms with Crippen LogP contribution in [-0.2, 0) is 22.6 Å². The fraction of sp³-hybridized carbons (Fsp3) is 0.440. The van der Waals surface area contributed by atoms with E-state index in [4.69, 9.17) is 0 Å². The number of nitrogens with one attached hydrogen (secondary N) is 1. The van der Waals surface area contributed by atoms with Gasteiger partial charge in [-0.25, -0.2) is 0 Å². The van der Waals surface area contributed by atoms with Crippen LogP contribution in [0.25, 0.3) is 0 Å². The summed E-state index contributed by atoms with van der Waals surface area (Å²) in [4.78, 5) is 27.7. The Labute approximate surface area is 175 Å². The van der Waals surface area contributed by atoms with Gasteiger partial charge in [-0.05, 0) is 51.7 Å². The van der Waals surface area contributed by atoms with Gasteiger partial charge < -0.3 is 10.2 Å². The second kappa shape index (κ2) is 10.8. The van der Waals surface area contributed by atoms with Crippen LogP contribution in [-0.4, -0.2) is 28.8 Å². The van der Waals surface area contributed by atoms with Gasteiger partial charge in [-0.1, -0.05) is 66.6 Å². The summed E-state index contributed by atoms with van der Waals surface area (Å²) in [5.74, 6) is -0.0739. The molecule has 1 atom stereocenters. The van der Waals surface area contributed by atoms with E-state index in [1.807, 2.05) is 52.0 Å². The third-order valence-electron chi connectivity index (χ3n) is 5.04. The number of benzene rings is 2. The molecule has 0 radical (unpaired) electrons. The van der Waals surface area contributed by atoms with Crippen molar-refractivity contribution < 1.29 is 9.59 Å². The number of hydrogen-bond donors (Lipinski definition) is 1. The second-order valence-electron chi connectivity index (χ2n) is 8.08. The molecule has 0 bridgehead atoms. The van der Waals surface area contributed by atoms with Crippen molar-refractivity contribution in [3.8, 4) is 0 Å². The Hall–Kier alpha value is -2.62. The van der Waals surface area contributed by atoms with E-state index in [0.29, 0.717) is 25.8 Å². The lowest BCUT2D eigenvalue weighted by Crippen LogP contribution is -2.50. The second-order valence-corrected chi connectivity index (χ2v) is 8.08. The SMILES string of the molecule is CC[C@@H](C(=O)NC(C)C)N(Cc1ccc(C)cc1)C(=O)CCc1ccc(C)cc1. The molecule has 0 aliphatic carbocycles. The van der Waals surface area contributed by atoms with E-state index in [0.717, 1.165) is 11.1 Å². The first kappa shape index (κ1) is 22.7. The van der Waals surface area contributed by atoms with Gasteiger partial charge in [-0.2, -0.15) is 0 Å². The summed E-state index contributed by atoms with van der Waals surface area (Å²) >= 11 is 0. The van der Waals surface area contributed by atoms with Crippen LogP contribution in [0.4, 0.5) is 0 Å². The van der Waals surface area contributed by atoms with Crippen molar-refractivity contribution in [2.24, 2.45) is 0 Å². The molecule has 156 valence electrons. The predicted octanol–water partition coefficient (Wildman–Crippen LogP) is 4.57. The Morgan fingerprint density at radius 3 is 1.90 bits per heavy atom. The molecule has 2 aromatic carbocycles. The number of amides is 2. The summed E-state index contributed by atoms with van der Waals surface area (Å²) in [6, 6.07) is 16.0. The molecule has 4 nitrogen and oxygen atoms in total. The Morgan fingerprint density at radius 1 is 0.897 bits per heavy atom. The third-order valence-corrected chi connectivity index (χ3v) is 5.04. The summed E-state index contributed by atoms with van der Waals surface area (Å²) in [7, 11) is 0. The third kappa shape index (κ3) is 7.04. The molecule has 29 heavy (non-hydrogen) atoms. The van der Waals surface area contributed by atoms with E-state index < -0.39 is 6.04 Å².